The highest BCUT2D eigenvalue weighted by atomic mass is 79.9. The van der Waals surface area contributed by atoms with Gasteiger partial charge in [-0.1, -0.05) is 33.6 Å². The molecule has 130 valence electrons. The monoisotopic (exact) mass is 429 g/mol. The average molecular weight is 431 g/mol. The Bertz CT molecular complexity index is 958. The Morgan fingerprint density at radius 3 is 2.73 bits per heavy atom. The zero-order chi connectivity index (χ0) is 19.1. The number of anilines is 1. The van der Waals surface area contributed by atoms with E-state index < -0.39 is 5.91 Å². The van der Waals surface area contributed by atoms with Gasteiger partial charge >= 0.3 is 0 Å². The number of benzene rings is 2. The molecule has 5 nitrogen and oxygen atoms in total. The quantitative estimate of drug-likeness (QED) is 0.542. The van der Waals surface area contributed by atoms with E-state index in [0.717, 1.165) is 10.0 Å². The molecule has 0 saturated heterocycles. The van der Waals surface area contributed by atoms with Crippen molar-refractivity contribution in [1.29, 1.82) is 10.5 Å². The molecule has 0 radical (unpaired) electrons. The van der Waals surface area contributed by atoms with Crippen molar-refractivity contribution in [2.24, 2.45) is 0 Å². The number of nitrogens with one attached hydrogen (secondary N) is 1. The standard InChI is InChI=1S/C19H13BrClN3O2/c1-12-2-4-16(10-17(12)21)24-19(25)14(11-23)8-13-9-15(20)3-5-18(13)26-7-6-22/h2-5,8-10H,7H2,1H3,(H,24,25)/b14-8-. The number of carbonyl (C=O) groups is 1. The lowest BCUT2D eigenvalue weighted by Crippen LogP contribution is -2.13. The van der Waals surface area contributed by atoms with E-state index in [1.165, 1.54) is 6.08 Å². The zero-order valence-corrected chi connectivity index (χ0v) is 16.1. The third kappa shape index (κ3) is 5.10. The fraction of sp³-hybridized carbons (Fsp3) is 0.105. The van der Waals surface area contributed by atoms with Crippen LogP contribution >= 0.6 is 27.5 Å². The molecule has 2 aromatic rings. The van der Waals surface area contributed by atoms with Gasteiger partial charge in [0.05, 0.1) is 0 Å². The summed E-state index contributed by atoms with van der Waals surface area (Å²) in [6.07, 6.45) is 1.41. The topological polar surface area (TPSA) is 85.9 Å². The second kappa shape index (κ2) is 9.05. The van der Waals surface area contributed by atoms with Gasteiger partial charge in [-0.15, -0.1) is 0 Å². The third-order valence-corrected chi connectivity index (χ3v) is 4.26. The average Bonchev–Trinajstić information content (AvgIpc) is 2.62. The van der Waals surface area contributed by atoms with Crippen LogP contribution < -0.4 is 10.1 Å². The van der Waals surface area contributed by atoms with Crippen LogP contribution in [0.15, 0.2) is 46.4 Å². The first-order chi connectivity index (χ1) is 12.4. The van der Waals surface area contributed by atoms with Crippen molar-refractivity contribution in [2.75, 3.05) is 11.9 Å². The van der Waals surface area contributed by atoms with Crippen LogP contribution in [-0.4, -0.2) is 12.5 Å². The van der Waals surface area contributed by atoms with E-state index in [9.17, 15) is 10.1 Å². The first kappa shape index (κ1) is 19.5. The highest BCUT2D eigenvalue weighted by Gasteiger charge is 2.12. The smallest absolute Gasteiger partial charge is 0.266 e. The molecule has 0 aromatic heterocycles. The predicted molar refractivity (Wildman–Crippen MR) is 104 cm³/mol. The van der Waals surface area contributed by atoms with Crippen molar-refractivity contribution < 1.29 is 9.53 Å². The molecule has 0 saturated carbocycles. The van der Waals surface area contributed by atoms with Gasteiger partial charge in [0.15, 0.2) is 6.61 Å². The van der Waals surface area contributed by atoms with E-state index in [0.29, 0.717) is 22.0 Å². The predicted octanol–water partition coefficient (Wildman–Crippen LogP) is 4.86. The van der Waals surface area contributed by atoms with E-state index in [1.807, 2.05) is 19.1 Å². The lowest BCUT2D eigenvalue weighted by atomic mass is 10.1. The maximum absolute atomic E-state index is 12.4. The van der Waals surface area contributed by atoms with Crippen molar-refractivity contribution in [2.45, 2.75) is 6.92 Å². The SMILES string of the molecule is Cc1ccc(NC(=O)/C(C#N)=C\c2cc(Br)ccc2OCC#N)cc1Cl. The molecule has 0 aliphatic carbocycles. The Balaban J connectivity index is 2.31. The molecule has 1 amide bonds. The molecule has 1 N–H and O–H groups in total. The molecular formula is C19H13BrClN3O2. The minimum atomic E-state index is -0.571. The summed E-state index contributed by atoms with van der Waals surface area (Å²) in [6.45, 7) is 1.71. The van der Waals surface area contributed by atoms with Gasteiger partial charge in [-0.05, 0) is 48.9 Å². The zero-order valence-electron chi connectivity index (χ0n) is 13.7. The van der Waals surface area contributed by atoms with Crippen LogP contribution in [0.2, 0.25) is 5.02 Å². The fourth-order valence-electron chi connectivity index (χ4n) is 2.05. The van der Waals surface area contributed by atoms with E-state index in [-0.39, 0.29) is 12.2 Å². The summed E-state index contributed by atoms with van der Waals surface area (Å²) in [5, 5.41) is 21.2. The third-order valence-electron chi connectivity index (χ3n) is 3.36. The van der Waals surface area contributed by atoms with Crippen LogP contribution in [0, 0.1) is 29.6 Å². The summed E-state index contributed by atoms with van der Waals surface area (Å²) >= 11 is 9.38. The van der Waals surface area contributed by atoms with Gasteiger partial charge in [0.2, 0.25) is 0 Å². The van der Waals surface area contributed by atoms with Crippen molar-refractivity contribution in [3.05, 3.63) is 62.6 Å². The molecule has 0 spiro atoms. The second-order valence-corrected chi connectivity index (χ2v) is 6.54. The lowest BCUT2D eigenvalue weighted by Gasteiger charge is -2.09. The Kier molecular flexibility index (Phi) is 6.80. The van der Waals surface area contributed by atoms with Crippen LogP contribution in [0.1, 0.15) is 11.1 Å². The molecule has 0 fully saturated rings. The van der Waals surface area contributed by atoms with Gasteiger partial charge in [-0.3, -0.25) is 4.79 Å². The number of hydrogen-bond donors (Lipinski definition) is 1. The molecule has 26 heavy (non-hydrogen) atoms. The summed E-state index contributed by atoms with van der Waals surface area (Å²) in [6, 6.07) is 13.9. The summed E-state index contributed by atoms with van der Waals surface area (Å²) in [4.78, 5) is 12.4. The number of nitriles is 2. The number of hydrogen-bond acceptors (Lipinski definition) is 4. The number of carbonyl (C=O) groups excluding carboxylic acids is 1. The van der Waals surface area contributed by atoms with Crippen LogP contribution in [0.3, 0.4) is 0 Å². The Morgan fingerprint density at radius 1 is 1.31 bits per heavy atom. The van der Waals surface area contributed by atoms with Gasteiger partial charge in [0.1, 0.15) is 23.5 Å². The van der Waals surface area contributed by atoms with Gasteiger partial charge in [-0.25, -0.2) is 0 Å². The molecule has 0 bridgehead atoms. The maximum atomic E-state index is 12.4. The largest absolute Gasteiger partial charge is 0.478 e. The highest BCUT2D eigenvalue weighted by Crippen LogP contribution is 2.26. The molecule has 0 unspecified atom stereocenters. The van der Waals surface area contributed by atoms with Gasteiger partial charge in [-0.2, -0.15) is 10.5 Å². The Labute approximate surface area is 164 Å². The summed E-state index contributed by atoms with van der Waals surface area (Å²) in [7, 11) is 0. The van der Waals surface area contributed by atoms with Crippen molar-refractivity contribution in [3.63, 3.8) is 0 Å². The molecule has 0 aliphatic heterocycles. The van der Waals surface area contributed by atoms with E-state index in [4.69, 9.17) is 21.6 Å². The summed E-state index contributed by atoms with van der Waals surface area (Å²) in [5.74, 6) is -0.174. The van der Waals surface area contributed by atoms with Crippen molar-refractivity contribution in [3.8, 4) is 17.9 Å². The number of amides is 1. The summed E-state index contributed by atoms with van der Waals surface area (Å²) in [5.41, 5.74) is 1.76. The molecular weight excluding hydrogens is 418 g/mol. The van der Waals surface area contributed by atoms with Crippen molar-refractivity contribution >= 4 is 45.2 Å². The van der Waals surface area contributed by atoms with Crippen LogP contribution in [-0.2, 0) is 4.79 Å². The van der Waals surface area contributed by atoms with E-state index >= 15 is 0 Å². The summed E-state index contributed by atoms with van der Waals surface area (Å²) < 4.78 is 6.07. The maximum Gasteiger partial charge on any atom is 0.266 e. The van der Waals surface area contributed by atoms with E-state index in [1.54, 1.807) is 36.4 Å². The molecule has 0 aliphatic rings. The van der Waals surface area contributed by atoms with E-state index in [2.05, 4.69) is 21.2 Å². The minimum absolute atomic E-state index is 0.110. The van der Waals surface area contributed by atoms with Gasteiger partial charge in [0.25, 0.3) is 5.91 Å². The molecule has 2 aromatic carbocycles. The Morgan fingerprint density at radius 2 is 2.08 bits per heavy atom. The fourth-order valence-corrected chi connectivity index (χ4v) is 2.61. The highest BCUT2D eigenvalue weighted by molar-refractivity contribution is 9.10. The van der Waals surface area contributed by atoms with Crippen LogP contribution in [0.4, 0.5) is 5.69 Å². The van der Waals surface area contributed by atoms with Crippen LogP contribution in [0.5, 0.6) is 5.75 Å². The number of rotatable bonds is 5. The minimum Gasteiger partial charge on any atom is -0.478 e. The first-order valence-electron chi connectivity index (χ1n) is 7.43. The molecule has 0 heterocycles. The van der Waals surface area contributed by atoms with Gasteiger partial charge in [0, 0.05) is 20.7 Å². The first-order valence-corrected chi connectivity index (χ1v) is 8.60. The van der Waals surface area contributed by atoms with Crippen molar-refractivity contribution in [1.82, 2.24) is 0 Å². The number of halogens is 2. The number of ether oxygens (including phenoxy) is 1. The Hall–Kier alpha value is -2.80. The number of aryl methyl sites for hydroxylation is 1. The normalized spacial score (nSPS) is 10.6. The lowest BCUT2D eigenvalue weighted by molar-refractivity contribution is -0.112. The van der Waals surface area contributed by atoms with Crippen LogP contribution in [0.25, 0.3) is 6.08 Å². The second-order valence-electron chi connectivity index (χ2n) is 5.22. The van der Waals surface area contributed by atoms with Gasteiger partial charge < -0.3 is 10.1 Å². The molecule has 2 rings (SSSR count). The molecule has 0 atom stereocenters. The number of nitrogens with zero attached hydrogens (tertiary/aromatic N) is 2. The molecule has 7 heteroatoms.